The lowest BCUT2D eigenvalue weighted by atomic mass is 10.2. The van der Waals surface area contributed by atoms with E-state index in [1.54, 1.807) is 6.20 Å². The molecule has 0 bridgehead atoms. The van der Waals surface area contributed by atoms with E-state index < -0.39 is 0 Å². The van der Waals surface area contributed by atoms with Crippen molar-refractivity contribution in [2.45, 2.75) is 32.4 Å². The summed E-state index contributed by atoms with van der Waals surface area (Å²) in [6.45, 7) is 3.64. The van der Waals surface area contributed by atoms with Crippen LogP contribution in [0, 0.1) is 6.92 Å². The smallest absolute Gasteiger partial charge is 0.270 e. The molecule has 1 N–H and O–H groups in total. The zero-order valence-corrected chi connectivity index (χ0v) is 11.0. The molecule has 0 unspecified atom stereocenters. The molecule has 3 rings (SSSR count). The predicted octanol–water partition coefficient (Wildman–Crippen LogP) is 1.82. The number of carbonyl (C=O) groups is 1. The van der Waals surface area contributed by atoms with Crippen molar-refractivity contribution in [2.24, 2.45) is 0 Å². The third-order valence-corrected chi connectivity index (χ3v) is 3.63. The van der Waals surface area contributed by atoms with Crippen LogP contribution in [0.5, 0.6) is 0 Å². The largest absolute Gasteiger partial charge is 0.357 e. The van der Waals surface area contributed by atoms with Gasteiger partial charge in [-0.25, -0.2) is 0 Å². The van der Waals surface area contributed by atoms with E-state index in [1.807, 2.05) is 41.0 Å². The highest BCUT2D eigenvalue weighted by Gasteiger charge is 2.30. The van der Waals surface area contributed by atoms with Crippen LogP contribution in [0.25, 0.3) is 0 Å². The van der Waals surface area contributed by atoms with Crippen molar-refractivity contribution in [3.63, 3.8) is 0 Å². The van der Waals surface area contributed by atoms with Crippen molar-refractivity contribution < 1.29 is 4.79 Å². The van der Waals surface area contributed by atoms with Gasteiger partial charge in [-0.05, 0) is 37.5 Å². The summed E-state index contributed by atoms with van der Waals surface area (Å²) in [6.07, 6.45) is 7.78. The monoisotopic (exact) mass is 258 g/mol. The molecule has 0 radical (unpaired) electrons. The molecule has 1 aliphatic rings. The Morgan fingerprint density at radius 1 is 1.58 bits per heavy atom. The molecule has 0 spiro atoms. The molecule has 1 atom stereocenters. The molecule has 1 saturated heterocycles. The Bertz CT molecular complexity index is 558. The summed E-state index contributed by atoms with van der Waals surface area (Å²) in [5.41, 5.74) is 1.82. The molecule has 1 aliphatic heterocycles. The van der Waals surface area contributed by atoms with Crippen LogP contribution in [0.1, 0.15) is 28.9 Å². The summed E-state index contributed by atoms with van der Waals surface area (Å²) in [6, 6.07) is 3.93. The molecule has 1 fully saturated rings. The number of rotatable bonds is 3. The van der Waals surface area contributed by atoms with Gasteiger partial charge in [0.15, 0.2) is 0 Å². The number of aromatic nitrogens is 3. The molecule has 0 aromatic carbocycles. The number of aryl methyl sites for hydroxylation is 1. The number of hydrogen-bond donors (Lipinski definition) is 1. The summed E-state index contributed by atoms with van der Waals surface area (Å²) in [4.78, 5) is 17.3. The van der Waals surface area contributed by atoms with Gasteiger partial charge in [-0.2, -0.15) is 5.10 Å². The van der Waals surface area contributed by atoms with Crippen LogP contribution in [-0.2, 0) is 6.54 Å². The van der Waals surface area contributed by atoms with Crippen LogP contribution in [0.2, 0.25) is 0 Å². The first kappa shape index (κ1) is 12.0. The van der Waals surface area contributed by atoms with Crippen molar-refractivity contribution in [3.05, 3.63) is 42.0 Å². The van der Waals surface area contributed by atoms with Crippen molar-refractivity contribution >= 4 is 5.91 Å². The Morgan fingerprint density at radius 2 is 2.47 bits per heavy atom. The third-order valence-electron chi connectivity index (χ3n) is 3.63. The fraction of sp³-hybridized carbons (Fsp3) is 0.429. The molecule has 0 saturated carbocycles. The average Bonchev–Trinajstić information content (AvgIpc) is 3.10. The molecular formula is C14H18N4O. The van der Waals surface area contributed by atoms with Crippen LogP contribution in [0.15, 0.2) is 30.7 Å². The Hall–Kier alpha value is -2.04. The highest BCUT2D eigenvalue weighted by atomic mass is 16.2. The molecule has 0 aliphatic carbocycles. The van der Waals surface area contributed by atoms with E-state index in [4.69, 9.17) is 0 Å². The van der Waals surface area contributed by atoms with E-state index in [2.05, 4.69) is 10.1 Å². The minimum atomic E-state index is 0.0939. The lowest BCUT2D eigenvalue weighted by molar-refractivity contribution is 0.0716. The van der Waals surface area contributed by atoms with Gasteiger partial charge in [-0.1, -0.05) is 0 Å². The second-order valence-electron chi connectivity index (χ2n) is 5.12. The number of amides is 1. The van der Waals surface area contributed by atoms with E-state index in [9.17, 15) is 4.79 Å². The van der Waals surface area contributed by atoms with Gasteiger partial charge in [0, 0.05) is 18.9 Å². The van der Waals surface area contributed by atoms with Crippen molar-refractivity contribution in [1.82, 2.24) is 19.7 Å². The quantitative estimate of drug-likeness (QED) is 0.913. The maximum Gasteiger partial charge on any atom is 0.270 e. The van der Waals surface area contributed by atoms with E-state index in [0.717, 1.165) is 31.5 Å². The maximum absolute atomic E-state index is 12.4. The minimum absolute atomic E-state index is 0.0939. The van der Waals surface area contributed by atoms with Gasteiger partial charge in [0.25, 0.3) is 5.91 Å². The molecule has 100 valence electrons. The van der Waals surface area contributed by atoms with E-state index in [0.29, 0.717) is 5.69 Å². The summed E-state index contributed by atoms with van der Waals surface area (Å²) in [5, 5.41) is 4.31. The zero-order valence-electron chi connectivity index (χ0n) is 11.0. The molecule has 5 nitrogen and oxygen atoms in total. The van der Waals surface area contributed by atoms with E-state index >= 15 is 0 Å². The number of carbonyl (C=O) groups excluding carboxylic acids is 1. The number of aromatic amines is 1. The normalized spacial score (nSPS) is 19.0. The van der Waals surface area contributed by atoms with E-state index in [1.165, 1.54) is 0 Å². The lowest BCUT2D eigenvalue weighted by Crippen LogP contribution is -2.38. The van der Waals surface area contributed by atoms with Gasteiger partial charge in [0.2, 0.25) is 0 Å². The van der Waals surface area contributed by atoms with Crippen molar-refractivity contribution in [2.75, 3.05) is 6.54 Å². The highest BCUT2D eigenvalue weighted by Crippen LogP contribution is 2.21. The first-order chi connectivity index (χ1) is 9.24. The standard InChI is InChI=1S/C14H18N4O/c1-11-8-16-17(9-11)10-12-4-3-7-18(12)14(19)13-5-2-6-15-13/h2,5-6,8-9,12,15H,3-4,7,10H2,1H3/t12-/m1/s1. The van der Waals surface area contributed by atoms with Gasteiger partial charge in [0.05, 0.1) is 18.8 Å². The predicted molar refractivity (Wildman–Crippen MR) is 71.8 cm³/mol. The zero-order chi connectivity index (χ0) is 13.2. The molecule has 2 aromatic heterocycles. The second-order valence-corrected chi connectivity index (χ2v) is 5.12. The highest BCUT2D eigenvalue weighted by molar-refractivity contribution is 5.92. The number of nitrogens with zero attached hydrogens (tertiary/aromatic N) is 3. The number of likely N-dealkylation sites (tertiary alicyclic amines) is 1. The van der Waals surface area contributed by atoms with E-state index in [-0.39, 0.29) is 11.9 Å². The fourth-order valence-electron chi connectivity index (χ4n) is 2.69. The topological polar surface area (TPSA) is 53.9 Å². The summed E-state index contributed by atoms with van der Waals surface area (Å²) < 4.78 is 1.93. The number of hydrogen-bond acceptors (Lipinski definition) is 2. The van der Waals surface area contributed by atoms with Gasteiger partial charge in [-0.3, -0.25) is 9.48 Å². The van der Waals surface area contributed by atoms with Crippen molar-refractivity contribution in [3.8, 4) is 0 Å². The Kier molecular flexibility index (Phi) is 3.11. The molecule has 3 heterocycles. The van der Waals surface area contributed by atoms with Crippen LogP contribution < -0.4 is 0 Å². The minimum Gasteiger partial charge on any atom is -0.357 e. The Labute approximate surface area is 112 Å². The van der Waals surface area contributed by atoms with Gasteiger partial charge < -0.3 is 9.88 Å². The van der Waals surface area contributed by atoms with Gasteiger partial charge in [-0.15, -0.1) is 0 Å². The third kappa shape index (κ3) is 2.41. The number of nitrogens with one attached hydrogen (secondary N) is 1. The Balaban J connectivity index is 1.73. The molecular weight excluding hydrogens is 240 g/mol. The molecule has 2 aromatic rings. The first-order valence-electron chi connectivity index (χ1n) is 6.67. The van der Waals surface area contributed by atoms with Crippen molar-refractivity contribution in [1.29, 1.82) is 0 Å². The SMILES string of the molecule is Cc1cnn(C[C@H]2CCCN2C(=O)c2ccc[nH]2)c1. The van der Waals surface area contributed by atoms with Gasteiger partial charge in [0.1, 0.15) is 5.69 Å². The van der Waals surface area contributed by atoms with Crippen LogP contribution in [-0.4, -0.2) is 38.2 Å². The molecule has 5 heteroatoms. The first-order valence-corrected chi connectivity index (χ1v) is 6.67. The second kappa shape index (κ2) is 4.91. The molecule has 1 amide bonds. The fourth-order valence-corrected chi connectivity index (χ4v) is 2.69. The van der Waals surface area contributed by atoms with Gasteiger partial charge >= 0.3 is 0 Å². The summed E-state index contributed by atoms with van der Waals surface area (Å²) >= 11 is 0. The summed E-state index contributed by atoms with van der Waals surface area (Å²) in [5.74, 6) is 0.0939. The maximum atomic E-state index is 12.4. The van der Waals surface area contributed by atoms with Crippen LogP contribution in [0.3, 0.4) is 0 Å². The lowest BCUT2D eigenvalue weighted by Gasteiger charge is -2.24. The Morgan fingerprint density at radius 3 is 3.16 bits per heavy atom. The van der Waals surface area contributed by atoms with Crippen LogP contribution >= 0.6 is 0 Å². The molecule has 19 heavy (non-hydrogen) atoms. The number of H-pyrrole nitrogens is 1. The van der Waals surface area contributed by atoms with Crippen LogP contribution in [0.4, 0.5) is 0 Å². The average molecular weight is 258 g/mol. The summed E-state index contributed by atoms with van der Waals surface area (Å²) in [7, 11) is 0.